The Bertz CT molecular complexity index is 1490. The van der Waals surface area contributed by atoms with Crippen molar-refractivity contribution >= 4 is 33.9 Å². The van der Waals surface area contributed by atoms with Crippen molar-refractivity contribution in [3.63, 3.8) is 0 Å². The summed E-state index contributed by atoms with van der Waals surface area (Å²) >= 11 is 0. The average molecular weight is 498 g/mol. The fraction of sp³-hybridized carbons (Fsp3) is 0.280. The highest BCUT2D eigenvalue weighted by Crippen LogP contribution is 2.34. The van der Waals surface area contributed by atoms with E-state index in [0.717, 1.165) is 36.7 Å². The first-order chi connectivity index (χ1) is 17.2. The molecule has 0 unspecified atom stereocenters. The molecule has 1 aliphatic carbocycles. The average Bonchev–Trinajstić information content (AvgIpc) is 3.22. The fourth-order valence-corrected chi connectivity index (χ4v) is 4.38. The number of carbonyl (C=O) groups excluding carboxylic acids is 1. The lowest BCUT2D eigenvalue weighted by atomic mass is 9.93. The van der Waals surface area contributed by atoms with E-state index in [1.165, 1.54) is 6.07 Å². The highest BCUT2D eigenvalue weighted by atomic mass is 19.4. The Labute approximate surface area is 203 Å². The quantitative estimate of drug-likeness (QED) is 0.288. The fourth-order valence-electron chi connectivity index (χ4n) is 4.38. The zero-order valence-electron chi connectivity index (χ0n) is 19.2. The number of rotatable bonds is 4. The zero-order valence-corrected chi connectivity index (χ0v) is 19.2. The number of nitrogens with one attached hydrogen (secondary N) is 2. The molecule has 186 valence electrons. The number of amides is 1. The molecule has 1 aromatic carbocycles. The van der Waals surface area contributed by atoms with Gasteiger partial charge < -0.3 is 9.72 Å². The second-order valence-electron chi connectivity index (χ2n) is 8.77. The normalized spacial score (nSPS) is 17.6. The van der Waals surface area contributed by atoms with Crippen molar-refractivity contribution in [1.82, 2.24) is 19.8 Å². The number of fused-ring (bicyclic) bond motifs is 2. The Balaban J connectivity index is 1.41. The van der Waals surface area contributed by atoms with Gasteiger partial charge in [-0.2, -0.15) is 18.3 Å². The summed E-state index contributed by atoms with van der Waals surface area (Å²) in [4.78, 5) is 20.7. The summed E-state index contributed by atoms with van der Waals surface area (Å²) in [7, 11) is 0. The molecule has 1 saturated carbocycles. The van der Waals surface area contributed by atoms with Crippen molar-refractivity contribution in [1.29, 1.82) is 0 Å². The Morgan fingerprint density at radius 2 is 1.94 bits per heavy atom. The zero-order chi connectivity index (χ0) is 25.4. The van der Waals surface area contributed by atoms with Gasteiger partial charge in [-0.15, -0.1) is 0 Å². The molecule has 0 aliphatic heterocycles. The van der Waals surface area contributed by atoms with E-state index in [4.69, 9.17) is 0 Å². The molecule has 3 aromatic heterocycles. The predicted octanol–water partition coefficient (Wildman–Crippen LogP) is 5.49. The standard InChI is InChI=1S/C25H22F4N6O/c1-14-12-35-13-15(6-9-23(35)30-14)24(36)34-33-20-5-3-2-4-19(20)31-21-11-22(25(27,28)29)32-18-8-7-16(26)10-17(18)21/h6-13,19H,2-5H2,1H3,(H,31,32)(H,34,36)/b33-20-/t19-/m0/s1. The summed E-state index contributed by atoms with van der Waals surface area (Å²) in [5.41, 5.74) is 4.15. The molecular formula is C25H22F4N6O. The molecule has 0 spiro atoms. The van der Waals surface area contributed by atoms with E-state index in [0.29, 0.717) is 29.8 Å². The van der Waals surface area contributed by atoms with Crippen LogP contribution in [0.5, 0.6) is 0 Å². The van der Waals surface area contributed by atoms with Crippen molar-refractivity contribution < 1.29 is 22.4 Å². The molecule has 5 rings (SSSR count). The SMILES string of the molecule is Cc1cn2cc(C(=O)N/N=C3/CCCC[C@@H]3Nc3cc(C(F)(F)F)nc4ccc(F)cc34)ccc2n1. The van der Waals surface area contributed by atoms with Gasteiger partial charge in [0.05, 0.1) is 28.5 Å². The highest BCUT2D eigenvalue weighted by molar-refractivity contribution is 5.99. The van der Waals surface area contributed by atoms with E-state index in [2.05, 4.69) is 25.8 Å². The minimum absolute atomic E-state index is 0.0291. The van der Waals surface area contributed by atoms with Crippen LogP contribution in [0.2, 0.25) is 0 Å². The number of hydrogen-bond acceptors (Lipinski definition) is 5. The van der Waals surface area contributed by atoms with Crippen molar-refractivity contribution in [3.8, 4) is 0 Å². The minimum atomic E-state index is -4.66. The van der Waals surface area contributed by atoms with E-state index in [1.54, 1.807) is 28.9 Å². The number of carbonyl (C=O) groups is 1. The molecule has 11 heteroatoms. The van der Waals surface area contributed by atoms with Crippen LogP contribution >= 0.6 is 0 Å². The van der Waals surface area contributed by atoms with Crippen molar-refractivity contribution in [2.45, 2.75) is 44.8 Å². The summed E-state index contributed by atoms with van der Waals surface area (Å²) in [5, 5.41) is 7.65. The van der Waals surface area contributed by atoms with E-state index in [1.807, 2.05) is 6.92 Å². The third kappa shape index (κ3) is 4.86. The molecule has 0 saturated heterocycles. The number of nitrogens with zero attached hydrogens (tertiary/aromatic N) is 4. The van der Waals surface area contributed by atoms with Gasteiger partial charge >= 0.3 is 6.18 Å². The number of alkyl halides is 3. The molecule has 7 nitrogen and oxygen atoms in total. The summed E-state index contributed by atoms with van der Waals surface area (Å²) < 4.78 is 56.0. The lowest BCUT2D eigenvalue weighted by Gasteiger charge is -2.27. The van der Waals surface area contributed by atoms with E-state index >= 15 is 0 Å². The van der Waals surface area contributed by atoms with Gasteiger partial charge in [0.25, 0.3) is 5.91 Å². The van der Waals surface area contributed by atoms with Gasteiger partial charge in [0.2, 0.25) is 0 Å². The van der Waals surface area contributed by atoms with Crippen LogP contribution in [0, 0.1) is 12.7 Å². The Morgan fingerprint density at radius 3 is 2.75 bits per heavy atom. The molecule has 3 heterocycles. The van der Waals surface area contributed by atoms with Crippen LogP contribution < -0.4 is 10.7 Å². The van der Waals surface area contributed by atoms with Gasteiger partial charge in [-0.05, 0) is 62.6 Å². The monoisotopic (exact) mass is 498 g/mol. The van der Waals surface area contributed by atoms with E-state index in [-0.39, 0.29) is 16.6 Å². The molecule has 4 aromatic rings. The van der Waals surface area contributed by atoms with Crippen LogP contribution in [0.3, 0.4) is 0 Å². The molecule has 0 bridgehead atoms. The van der Waals surface area contributed by atoms with Crippen molar-refractivity contribution in [2.75, 3.05) is 5.32 Å². The molecule has 0 radical (unpaired) electrons. The van der Waals surface area contributed by atoms with Gasteiger partial charge in [-0.25, -0.2) is 19.8 Å². The Morgan fingerprint density at radius 1 is 1.11 bits per heavy atom. The number of benzene rings is 1. The van der Waals surface area contributed by atoms with Crippen molar-refractivity contribution in [2.24, 2.45) is 5.10 Å². The second kappa shape index (κ2) is 9.21. The third-order valence-electron chi connectivity index (χ3n) is 6.10. The second-order valence-corrected chi connectivity index (χ2v) is 8.77. The largest absolute Gasteiger partial charge is 0.433 e. The number of anilines is 1. The molecule has 1 atom stereocenters. The molecule has 2 N–H and O–H groups in total. The lowest BCUT2D eigenvalue weighted by Crippen LogP contribution is -2.35. The van der Waals surface area contributed by atoms with Gasteiger partial charge in [0, 0.05) is 23.5 Å². The summed E-state index contributed by atoms with van der Waals surface area (Å²) in [6, 6.07) is 7.27. The minimum Gasteiger partial charge on any atom is -0.376 e. The number of imidazole rings is 1. The number of pyridine rings is 2. The number of halogens is 4. The Kier molecular flexibility index (Phi) is 6.07. The first-order valence-corrected chi connectivity index (χ1v) is 11.4. The summed E-state index contributed by atoms with van der Waals surface area (Å²) in [5.74, 6) is -1.00. The number of aromatic nitrogens is 3. The van der Waals surface area contributed by atoms with Gasteiger partial charge in [0.1, 0.15) is 17.2 Å². The van der Waals surface area contributed by atoms with Gasteiger partial charge in [-0.1, -0.05) is 6.42 Å². The number of aryl methyl sites for hydroxylation is 1. The molecular weight excluding hydrogens is 476 g/mol. The maximum Gasteiger partial charge on any atom is 0.433 e. The first-order valence-electron chi connectivity index (χ1n) is 11.4. The van der Waals surface area contributed by atoms with Crippen LogP contribution in [0.1, 0.15) is 47.4 Å². The maximum atomic E-state index is 13.9. The third-order valence-corrected chi connectivity index (χ3v) is 6.10. The summed E-state index contributed by atoms with van der Waals surface area (Å²) in [6.07, 6.45) is 1.59. The topological polar surface area (TPSA) is 83.7 Å². The molecule has 1 aliphatic rings. The van der Waals surface area contributed by atoms with Crippen LogP contribution in [-0.2, 0) is 6.18 Å². The Hall–Kier alpha value is -4.02. The molecule has 1 fully saturated rings. The van der Waals surface area contributed by atoms with E-state index < -0.39 is 29.6 Å². The van der Waals surface area contributed by atoms with Gasteiger partial charge in [0.15, 0.2) is 0 Å². The van der Waals surface area contributed by atoms with Gasteiger partial charge in [-0.3, -0.25) is 4.79 Å². The van der Waals surface area contributed by atoms with E-state index in [9.17, 15) is 22.4 Å². The number of hydrazone groups is 1. The van der Waals surface area contributed by atoms with Crippen LogP contribution in [-0.4, -0.2) is 32.0 Å². The smallest absolute Gasteiger partial charge is 0.376 e. The molecule has 36 heavy (non-hydrogen) atoms. The van der Waals surface area contributed by atoms with Crippen molar-refractivity contribution in [3.05, 3.63) is 71.6 Å². The lowest BCUT2D eigenvalue weighted by molar-refractivity contribution is -0.140. The highest BCUT2D eigenvalue weighted by Gasteiger charge is 2.34. The predicted molar refractivity (Wildman–Crippen MR) is 127 cm³/mol. The van der Waals surface area contributed by atoms with Crippen LogP contribution in [0.4, 0.5) is 23.2 Å². The van der Waals surface area contributed by atoms with Crippen LogP contribution in [0.25, 0.3) is 16.6 Å². The molecule has 1 amide bonds. The van der Waals surface area contributed by atoms with Crippen LogP contribution in [0.15, 0.2) is 53.9 Å². The number of hydrogen-bond donors (Lipinski definition) is 2. The maximum absolute atomic E-state index is 13.9. The first kappa shape index (κ1) is 23.7. The summed E-state index contributed by atoms with van der Waals surface area (Å²) in [6.45, 7) is 1.85.